The molecule has 1 aliphatic rings. The number of ether oxygens (including phenoxy) is 1. The lowest BCUT2D eigenvalue weighted by molar-refractivity contribution is -0.00537. The van der Waals surface area contributed by atoms with Crippen LogP contribution in [0.25, 0.3) is 27.8 Å². The molecular formula is C24H24N4O. The fraction of sp³-hybridized carbons (Fsp3) is 0.250. The number of aromatic nitrogens is 3. The number of para-hydroxylation sites is 1. The molecular weight excluding hydrogens is 360 g/mol. The Hall–Kier alpha value is -3.18. The van der Waals surface area contributed by atoms with E-state index in [2.05, 4.69) is 78.0 Å². The first-order valence-corrected chi connectivity index (χ1v) is 10.1. The van der Waals surface area contributed by atoms with Crippen LogP contribution in [0, 0.1) is 0 Å². The second kappa shape index (κ2) is 7.33. The number of nitrogens with zero attached hydrogens (tertiary/aromatic N) is 4. The second-order valence-electron chi connectivity index (χ2n) is 7.67. The number of rotatable bonds is 3. The van der Waals surface area contributed by atoms with Crippen molar-refractivity contribution in [2.24, 2.45) is 0 Å². The van der Waals surface area contributed by atoms with Gasteiger partial charge in [0.05, 0.1) is 17.6 Å². The molecule has 0 saturated carbocycles. The molecule has 1 aliphatic heterocycles. The van der Waals surface area contributed by atoms with Gasteiger partial charge in [0.15, 0.2) is 5.65 Å². The molecule has 0 aliphatic carbocycles. The highest BCUT2D eigenvalue weighted by Crippen LogP contribution is 2.37. The van der Waals surface area contributed by atoms with Gasteiger partial charge < -0.3 is 14.2 Å². The zero-order valence-corrected chi connectivity index (χ0v) is 16.7. The number of benzene rings is 2. The standard InChI is InChI=1S/C24H24N4O/c1-17-13-27(14-18(2)29-17)23-22-21(19-9-5-3-6-10-19)15-28(24(22)26-16-25-23)20-11-7-4-8-12-20/h3-12,15-18H,13-14H2,1-2H3. The number of fused-ring (bicyclic) bond motifs is 1. The van der Waals surface area contributed by atoms with Crippen LogP contribution in [0.15, 0.2) is 73.2 Å². The second-order valence-corrected chi connectivity index (χ2v) is 7.67. The Kier molecular flexibility index (Phi) is 4.52. The average Bonchev–Trinajstić information content (AvgIpc) is 3.14. The lowest BCUT2D eigenvalue weighted by atomic mass is 10.1. The summed E-state index contributed by atoms with van der Waals surface area (Å²) in [5.41, 5.74) is 4.32. The molecule has 0 bridgehead atoms. The van der Waals surface area contributed by atoms with Crippen LogP contribution in [-0.4, -0.2) is 39.8 Å². The number of anilines is 1. The molecule has 1 fully saturated rings. The monoisotopic (exact) mass is 384 g/mol. The van der Waals surface area contributed by atoms with Gasteiger partial charge in [-0.2, -0.15) is 0 Å². The SMILES string of the molecule is CC1CN(c2ncnc3c2c(-c2ccccc2)cn3-c2ccccc2)CC(C)O1. The molecule has 5 heteroatoms. The van der Waals surface area contributed by atoms with Gasteiger partial charge in [-0.1, -0.05) is 48.5 Å². The van der Waals surface area contributed by atoms with Crippen LogP contribution in [0.5, 0.6) is 0 Å². The molecule has 1 saturated heterocycles. The zero-order chi connectivity index (χ0) is 19.8. The first-order valence-electron chi connectivity index (χ1n) is 10.1. The molecule has 29 heavy (non-hydrogen) atoms. The van der Waals surface area contributed by atoms with Gasteiger partial charge in [-0.3, -0.25) is 0 Å². The van der Waals surface area contributed by atoms with Crippen LogP contribution in [-0.2, 0) is 4.74 Å². The van der Waals surface area contributed by atoms with E-state index in [0.717, 1.165) is 46.8 Å². The molecule has 2 aromatic carbocycles. The topological polar surface area (TPSA) is 43.2 Å². The van der Waals surface area contributed by atoms with Crippen LogP contribution in [0.3, 0.4) is 0 Å². The molecule has 0 radical (unpaired) electrons. The van der Waals surface area contributed by atoms with E-state index in [1.165, 1.54) is 0 Å². The van der Waals surface area contributed by atoms with E-state index < -0.39 is 0 Å². The highest BCUT2D eigenvalue weighted by molar-refractivity contribution is 6.02. The third-order valence-corrected chi connectivity index (χ3v) is 5.40. The summed E-state index contributed by atoms with van der Waals surface area (Å²) in [5, 5.41) is 1.09. The van der Waals surface area contributed by atoms with Crippen LogP contribution < -0.4 is 4.90 Å². The van der Waals surface area contributed by atoms with Crippen LogP contribution in [0.4, 0.5) is 5.82 Å². The fourth-order valence-corrected chi connectivity index (χ4v) is 4.26. The quantitative estimate of drug-likeness (QED) is 0.513. The van der Waals surface area contributed by atoms with Gasteiger partial charge >= 0.3 is 0 Å². The van der Waals surface area contributed by atoms with Gasteiger partial charge in [0.1, 0.15) is 12.1 Å². The van der Waals surface area contributed by atoms with Gasteiger partial charge in [0.25, 0.3) is 0 Å². The van der Waals surface area contributed by atoms with Crippen molar-refractivity contribution in [1.29, 1.82) is 0 Å². The van der Waals surface area contributed by atoms with Crippen molar-refractivity contribution < 1.29 is 4.74 Å². The largest absolute Gasteiger partial charge is 0.372 e. The minimum atomic E-state index is 0.167. The number of hydrogen-bond donors (Lipinski definition) is 0. The summed E-state index contributed by atoms with van der Waals surface area (Å²) in [6.07, 6.45) is 4.19. The van der Waals surface area contributed by atoms with Crippen molar-refractivity contribution >= 4 is 16.9 Å². The maximum Gasteiger partial charge on any atom is 0.150 e. The van der Waals surface area contributed by atoms with Crippen LogP contribution >= 0.6 is 0 Å². The van der Waals surface area contributed by atoms with Crippen molar-refractivity contribution in [2.45, 2.75) is 26.1 Å². The van der Waals surface area contributed by atoms with E-state index in [0.29, 0.717) is 0 Å². The first-order chi connectivity index (χ1) is 14.2. The van der Waals surface area contributed by atoms with Gasteiger partial charge in [-0.15, -0.1) is 0 Å². The summed E-state index contributed by atoms with van der Waals surface area (Å²) in [4.78, 5) is 11.8. The summed E-state index contributed by atoms with van der Waals surface area (Å²) in [6.45, 7) is 5.88. The predicted octanol–water partition coefficient (Wildman–Crippen LogP) is 4.70. The Morgan fingerprint density at radius 1 is 0.862 bits per heavy atom. The Bertz CT molecular complexity index is 1110. The molecule has 0 spiro atoms. The zero-order valence-electron chi connectivity index (χ0n) is 16.7. The molecule has 146 valence electrons. The Morgan fingerprint density at radius 2 is 1.52 bits per heavy atom. The van der Waals surface area contributed by atoms with E-state index in [1.54, 1.807) is 6.33 Å². The molecule has 2 atom stereocenters. The third kappa shape index (κ3) is 3.28. The summed E-state index contributed by atoms with van der Waals surface area (Å²) >= 11 is 0. The van der Waals surface area contributed by atoms with Gasteiger partial charge in [-0.25, -0.2) is 9.97 Å². The third-order valence-electron chi connectivity index (χ3n) is 5.40. The summed E-state index contributed by atoms with van der Waals surface area (Å²) in [5.74, 6) is 0.977. The van der Waals surface area contributed by atoms with Crippen molar-refractivity contribution in [2.75, 3.05) is 18.0 Å². The van der Waals surface area contributed by atoms with Gasteiger partial charge in [0, 0.05) is 30.5 Å². The smallest absolute Gasteiger partial charge is 0.150 e. The molecule has 2 aromatic heterocycles. The lowest BCUT2D eigenvalue weighted by Gasteiger charge is -2.36. The molecule has 3 heterocycles. The highest BCUT2D eigenvalue weighted by atomic mass is 16.5. The molecule has 5 nitrogen and oxygen atoms in total. The molecule has 2 unspecified atom stereocenters. The maximum atomic E-state index is 5.95. The Morgan fingerprint density at radius 3 is 2.21 bits per heavy atom. The molecule has 0 N–H and O–H groups in total. The first kappa shape index (κ1) is 17.9. The average molecular weight is 384 g/mol. The van der Waals surface area contributed by atoms with E-state index >= 15 is 0 Å². The molecule has 0 amide bonds. The minimum absolute atomic E-state index is 0.167. The normalized spacial score (nSPS) is 19.6. The summed E-state index contributed by atoms with van der Waals surface area (Å²) in [7, 11) is 0. The van der Waals surface area contributed by atoms with Gasteiger partial charge in [-0.05, 0) is 31.5 Å². The van der Waals surface area contributed by atoms with Crippen molar-refractivity contribution in [1.82, 2.24) is 14.5 Å². The van der Waals surface area contributed by atoms with Crippen LogP contribution in [0.1, 0.15) is 13.8 Å². The summed E-state index contributed by atoms with van der Waals surface area (Å²) < 4.78 is 8.11. The fourth-order valence-electron chi connectivity index (χ4n) is 4.26. The van der Waals surface area contributed by atoms with E-state index in [-0.39, 0.29) is 12.2 Å². The number of morpholine rings is 1. The van der Waals surface area contributed by atoms with Gasteiger partial charge in [0.2, 0.25) is 0 Å². The predicted molar refractivity (Wildman–Crippen MR) is 117 cm³/mol. The minimum Gasteiger partial charge on any atom is -0.372 e. The van der Waals surface area contributed by atoms with Crippen molar-refractivity contribution in [3.63, 3.8) is 0 Å². The van der Waals surface area contributed by atoms with Crippen molar-refractivity contribution in [3.05, 3.63) is 73.2 Å². The summed E-state index contributed by atoms with van der Waals surface area (Å²) in [6, 6.07) is 20.8. The molecule has 5 rings (SSSR count). The highest BCUT2D eigenvalue weighted by Gasteiger charge is 2.27. The van der Waals surface area contributed by atoms with E-state index in [1.807, 2.05) is 12.1 Å². The molecule has 4 aromatic rings. The van der Waals surface area contributed by atoms with E-state index in [4.69, 9.17) is 14.7 Å². The lowest BCUT2D eigenvalue weighted by Crippen LogP contribution is -2.46. The maximum absolute atomic E-state index is 5.95. The number of hydrogen-bond acceptors (Lipinski definition) is 4. The van der Waals surface area contributed by atoms with Crippen molar-refractivity contribution in [3.8, 4) is 16.8 Å². The van der Waals surface area contributed by atoms with Crippen LogP contribution in [0.2, 0.25) is 0 Å². The van der Waals surface area contributed by atoms with E-state index in [9.17, 15) is 0 Å². The Labute approximate surface area is 170 Å². The Balaban J connectivity index is 1.76.